The summed E-state index contributed by atoms with van der Waals surface area (Å²) in [6.45, 7) is 8.48. The quantitative estimate of drug-likeness (QED) is 0.0545. The summed E-state index contributed by atoms with van der Waals surface area (Å²) < 4.78 is 11.4. The third-order valence-electron chi connectivity index (χ3n) is 6.84. The molecule has 0 amide bonds. The molecule has 2 atom stereocenters. The van der Waals surface area contributed by atoms with Gasteiger partial charge in [-0.3, -0.25) is 9.59 Å². The van der Waals surface area contributed by atoms with Crippen molar-refractivity contribution in [3.8, 4) is 5.75 Å². The van der Waals surface area contributed by atoms with Crippen molar-refractivity contribution in [3.63, 3.8) is 0 Å². The number of unbranched alkanes of at least 4 members (excludes halogenated alkanes) is 2. The van der Waals surface area contributed by atoms with Gasteiger partial charge in [0.25, 0.3) is 0 Å². The lowest BCUT2D eigenvalue weighted by Crippen LogP contribution is -2.31. The summed E-state index contributed by atoms with van der Waals surface area (Å²) in [5.41, 5.74) is -0.0881. The largest absolute Gasteiger partial charge is 0.478 e. The van der Waals surface area contributed by atoms with Crippen molar-refractivity contribution in [1.29, 1.82) is 0 Å². The number of Topliss-reactive ketones (excluding diaryl/α,β-unsaturated/α-hetero) is 1. The van der Waals surface area contributed by atoms with Gasteiger partial charge in [0.15, 0.2) is 5.78 Å². The number of rotatable bonds is 24. The molecule has 0 aliphatic rings. The molecule has 1 aromatic carbocycles. The predicted octanol–water partition coefficient (Wildman–Crippen LogP) is 9.63. The van der Waals surface area contributed by atoms with E-state index in [-0.39, 0.29) is 29.4 Å². The van der Waals surface area contributed by atoms with E-state index < -0.39 is 24.0 Å². The first-order chi connectivity index (χ1) is 21.3. The van der Waals surface area contributed by atoms with Gasteiger partial charge in [0.2, 0.25) is 0 Å². The average Bonchev–Trinajstić information content (AvgIpc) is 2.99. The van der Waals surface area contributed by atoms with E-state index in [4.69, 9.17) is 9.47 Å². The molecule has 0 saturated carbocycles. The fraction of sp³-hybridized carbons (Fsp3) is 0.500. The summed E-state index contributed by atoms with van der Waals surface area (Å²) in [4.78, 5) is 37.5. The molecule has 0 bridgehead atoms. The molecule has 44 heavy (non-hydrogen) atoms. The standard InChI is InChI=1S/C38H54O6/c1-5-7-8-9-10-11-12-13-14-15-16-17-18-19-20-21-22-25-28-43-35(6-2)34(39)30-32(29-31(3)4)38(42)44-36-27-24-23-26-33(36)37(40)41/h7-8,10-11,13-14,16-17,19-20,23-24,26-27,31-32,35H,5-6,9,12,15,18,21-22,25,28-30H2,1-4H3,(H,40,41)/b8-7-,11-10-,14-13-,17-16-,20-19-/t32?,35-/m0/s1. The van der Waals surface area contributed by atoms with Crippen LogP contribution in [-0.2, 0) is 14.3 Å². The number of ketones is 1. The molecule has 242 valence electrons. The zero-order valence-corrected chi connectivity index (χ0v) is 27.3. The molecule has 0 aromatic heterocycles. The molecule has 1 N–H and O–H groups in total. The van der Waals surface area contributed by atoms with E-state index in [0.717, 1.165) is 51.4 Å². The van der Waals surface area contributed by atoms with Crippen LogP contribution in [0.3, 0.4) is 0 Å². The van der Waals surface area contributed by atoms with E-state index in [1.165, 1.54) is 12.1 Å². The number of carbonyl (C=O) groups excluding carboxylic acids is 2. The summed E-state index contributed by atoms with van der Waals surface area (Å²) in [7, 11) is 0. The number of allylic oxidation sites excluding steroid dienone is 10. The molecule has 0 heterocycles. The van der Waals surface area contributed by atoms with Crippen LogP contribution >= 0.6 is 0 Å². The summed E-state index contributed by atoms with van der Waals surface area (Å²) >= 11 is 0. The van der Waals surface area contributed by atoms with Crippen molar-refractivity contribution in [1.82, 2.24) is 0 Å². The SMILES string of the molecule is CC/C=C\C/C=C\C/C=C\C/C=C\C/C=C\CCCCO[C@@H](CC)C(=O)CC(CC(C)C)C(=O)Oc1ccccc1C(=O)O. The molecule has 0 aliphatic carbocycles. The van der Waals surface area contributed by atoms with Crippen molar-refractivity contribution >= 4 is 17.7 Å². The molecular weight excluding hydrogens is 552 g/mol. The van der Waals surface area contributed by atoms with Gasteiger partial charge in [-0.2, -0.15) is 0 Å². The second kappa shape index (κ2) is 24.9. The van der Waals surface area contributed by atoms with Gasteiger partial charge in [0.1, 0.15) is 17.4 Å². The number of aromatic carboxylic acids is 1. The maximum absolute atomic E-state index is 13.1. The van der Waals surface area contributed by atoms with Crippen LogP contribution in [0, 0.1) is 11.8 Å². The molecule has 1 unspecified atom stereocenters. The maximum Gasteiger partial charge on any atom is 0.339 e. The molecule has 0 saturated heterocycles. The van der Waals surface area contributed by atoms with Gasteiger partial charge in [-0.05, 0) is 82.3 Å². The van der Waals surface area contributed by atoms with Crippen molar-refractivity contribution in [2.75, 3.05) is 6.61 Å². The number of para-hydroxylation sites is 1. The van der Waals surface area contributed by atoms with E-state index in [1.54, 1.807) is 12.1 Å². The molecule has 1 aromatic rings. The third kappa shape index (κ3) is 18.2. The monoisotopic (exact) mass is 606 g/mol. The maximum atomic E-state index is 13.1. The van der Waals surface area contributed by atoms with E-state index in [0.29, 0.717) is 19.4 Å². The Morgan fingerprint density at radius 2 is 1.36 bits per heavy atom. The highest BCUT2D eigenvalue weighted by Gasteiger charge is 2.29. The summed E-state index contributed by atoms with van der Waals surface area (Å²) in [6, 6.07) is 6.02. The minimum Gasteiger partial charge on any atom is -0.478 e. The summed E-state index contributed by atoms with van der Waals surface area (Å²) in [5.74, 6) is -2.41. The number of ether oxygens (including phenoxy) is 2. The van der Waals surface area contributed by atoms with E-state index in [1.807, 2.05) is 20.8 Å². The van der Waals surface area contributed by atoms with Crippen molar-refractivity contribution in [2.45, 2.75) is 104 Å². The number of esters is 1. The molecule has 0 spiro atoms. The van der Waals surface area contributed by atoms with Crippen molar-refractivity contribution in [2.24, 2.45) is 11.8 Å². The summed E-state index contributed by atoms with van der Waals surface area (Å²) in [5, 5.41) is 9.39. The Bertz CT molecular complexity index is 1110. The van der Waals surface area contributed by atoms with Gasteiger partial charge in [0.05, 0.1) is 5.92 Å². The number of carbonyl (C=O) groups is 3. The molecule has 0 fully saturated rings. The van der Waals surface area contributed by atoms with Crippen LogP contribution in [-0.4, -0.2) is 35.5 Å². The summed E-state index contributed by atoms with van der Waals surface area (Å²) in [6.07, 6.45) is 30.0. The van der Waals surface area contributed by atoms with Crippen LogP contribution in [0.1, 0.15) is 109 Å². The topological polar surface area (TPSA) is 89.9 Å². The minimum atomic E-state index is -1.18. The van der Waals surface area contributed by atoms with Crippen LogP contribution in [0.25, 0.3) is 0 Å². The second-order valence-corrected chi connectivity index (χ2v) is 11.2. The Hall–Kier alpha value is -3.51. The highest BCUT2D eigenvalue weighted by Crippen LogP contribution is 2.24. The van der Waals surface area contributed by atoms with E-state index in [2.05, 4.69) is 67.7 Å². The number of carboxylic acid groups (broad SMARTS) is 1. The molecular formula is C38H54O6. The smallest absolute Gasteiger partial charge is 0.339 e. The van der Waals surface area contributed by atoms with Gasteiger partial charge < -0.3 is 14.6 Å². The number of benzene rings is 1. The molecule has 1 rings (SSSR count). The Labute approximate surface area is 265 Å². The fourth-order valence-corrected chi connectivity index (χ4v) is 4.53. The van der Waals surface area contributed by atoms with Crippen LogP contribution in [0.5, 0.6) is 5.75 Å². The molecule has 6 heteroatoms. The second-order valence-electron chi connectivity index (χ2n) is 11.2. The molecule has 0 aliphatic heterocycles. The highest BCUT2D eigenvalue weighted by atomic mass is 16.5. The normalized spacial score (nSPS) is 13.7. The number of hydrogen-bond acceptors (Lipinski definition) is 5. The van der Waals surface area contributed by atoms with Crippen LogP contribution in [0.4, 0.5) is 0 Å². The van der Waals surface area contributed by atoms with Crippen molar-refractivity contribution in [3.05, 3.63) is 90.6 Å². The average molecular weight is 607 g/mol. The number of carboxylic acids is 1. The Kier molecular flexibility index (Phi) is 21.8. The first kappa shape index (κ1) is 38.5. The molecule has 6 nitrogen and oxygen atoms in total. The zero-order valence-electron chi connectivity index (χ0n) is 27.3. The third-order valence-corrected chi connectivity index (χ3v) is 6.84. The minimum absolute atomic E-state index is 0.00476. The van der Waals surface area contributed by atoms with Gasteiger partial charge in [-0.15, -0.1) is 0 Å². The van der Waals surface area contributed by atoms with Gasteiger partial charge >= 0.3 is 11.9 Å². The lowest BCUT2D eigenvalue weighted by molar-refractivity contribution is -0.144. The lowest BCUT2D eigenvalue weighted by Gasteiger charge is -2.21. The van der Waals surface area contributed by atoms with E-state index in [9.17, 15) is 19.5 Å². The van der Waals surface area contributed by atoms with Crippen LogP contribution < -0.4 is 4.74 Å². The fourth-order valence-electron chi connectivity index (χ4n) is 4.53. The van der Waals surface area contributed by atoms with Gasteiger partial charge in [-0.25, -0.2) is 4.79 Å². The highest BCUT2D eigenvalue weighted by molar-refractivity contribution is 5.93. The lowest BCUT2D eigenvalue weighted by atomic mass is 9.90. The van der Waals surface area contributed by atoms with Gasteiger partial charge in [-0.1, -0.05) is 101 Å². The number of hydrogen-bond donors (Lipinski definition) is 1. The Morgan fingerprint density at radius 3 is 1.91 bits per heavy atom. The Morgan fingerprint density at radius 1 is 0.795 bits per heavy atom. The van der Waals surface area contributed by atoms with E-state index >= 15 is 0 Å². The zero-order chi connectivity index (χ0) is 32.4. The Balaban J connectivity index is 2.35. The van der Waals surface area contributed by atoms with Crippen LogP contribution in [0.2, 0.25) is 0 Å². The first-order valence-corrected chi connectivity index (χ1v) is 16.2. The van der Waals surface area contributed by atoms with Gasteiger partial charge in [0, 0.05) is 13.0 Å². The van der Waals surface area contributed by atoms with Crippen molar-refractivity contribution < 1.29 is 29.0 Å². The van der Waals surface area contributed by atoms with Crippen LogP contribution in [0.15, 0.2) is 85.0 Å². The molecule has 0 radical (unpaired) electrons. The first-order valence-electron chi connectivity index (χ1n) is 16.2. The predicted molar refractivity (Wildman–Crippen MR) is 180 cm³/mol.